The van der Waals surface area contributed by atoms with Crippen LogP contribution in [0.2, 0.25) is 0 Å². The third-order valence-electron chi connectivity index (χ3n) is 3.21. The molecule has 4 heterocycles. The van der Waals surface area contributed by atoms with Crippen molar-refractivity contribution in [3.63, 3.8) is 0 Å². The second kappa shape index (κ2) is 3.58. The van der Waals surface area contributed by atoms with Gasteiger partial charge in [0.15, 0.2) is 20.9 Å². The van der Waals surface area contributed by atoms with Crippen molar-refractivity contribution in [2.45, 2.75) is 6.92 Å². The Bertz CT molecular complexity index is 1010. The van der Waals surface area contributed by atoms with Crippen molar-refractivity contribution < 1.29 is 0 Å². The molecule has 19 heavy (non-hydrogen) atoms. The van der Waals surface area contributed by atoms with Crippen LogP contribution < -0.4 is 0 Å². The molecule has 0 aliphatic heterocycles. The average molecular weight is 287 g/mol. The predicted octanol–water partition coefficient (Wildman–Crippen LogP) is 2.87. The van der Waals surface area contributed by atoms with E-state index in [0.717, 1.165) is 36.9 Å². The number of nitrogens with zero attached hydrogens (tertiary/aromatic N) is 5. The van der Waals surface area contributed by atoms with Gasteiger partial charge in [0.2, 0.25) is 0 Å². The summed E-state index contributed by atoms with van der Waals surface area (Å²) < 4.78 is 5.77. The van der Waals surface area contributed by atoms with Gasteiger partial charge < -0.3 is 4.57 Å². The fourth-order valence-corrected chi connectivity index (χ4v) is 3.54. The van der Waals surface area contributed by atoms with Crippen molar-refractivity contribution in [3.05, 3.63) is 28.1 Å². The first-order chi connectivity index (χ1) is 9.16. The molecule has 0 saturated heterocycles. The van der Waals surface area contributed by atoms with Gasteiger partial charge in [-0.3, -0.25) is 4.40 Å². The lowest BCUT2D eigenvalue weighted by molar-refractivity contribution is 0.920. The lowest BCUT2D eigenvalue weighted by Gasteiger charge is -2.02. The highest BCUT2D eigenvalue weighted by atomic mass is 32.1. The smallest absolute Gasteiger partial charge is 0.178 e. The summed E-state index contributed by atoms with van der Waals surface area (Å²) in [6.45, 7) is 1.97. The van der Waals surface area contributed by atoms with E-state index < -0.39 is 0 Å². The second-order valence-corrected chi connectivity index (χ2v) is 6.00. The fraction of sp³-hybridized carbons (Fsp3) is 0.167. The summed E-state index contributed by atoms with van der Waals surface area (Å²) in [5.41, 5.74) is 3.48. The number of thiazole rings is 1. The molecule has 0 atom stereocenters. The van der Waals surface area contributed by atoms with Crippen LogP contribution >= 0.6 is 23.6 Å². The minimum absolute atomic E-state index is 0.738. The van der Waals surface area contributed by atoms with Crippen LogP contribution in [0.15, 0.2) is 18.3 Å². The number of imidazole rings is 1. The normalized spacial score (nSPS) is 11.9. The lowest BCUT2D eigenvalue weighted by Crippen LogP contribution is -1.98. The van der Waals surface area contributed by atoms with Gasteiger partial charge in [0.05, 0.1) is 5.52 Å². The monoisotopic (exact) mass is 287 g/mol. The summed E-state index contributed by atoms with van der Waals surface area (Å²) in [7, 11) is 1.94. The maximum atomic E-state index is 5.33. The minimum Gasteiger partial charge on any atom is -0.311 e. The summed E-state index contributed by atoms with van der Waals surface area (Å²) in [5, 5.41) is 0. The second-order valence-electron chi connectivity index (χ2n) is 4.36. The molecule has 0 bridgehead atoms. The van der Waals surface area contributed by atoms with Crippen LogP contribution in [-0.2, 0) is 7.05 Å². The van der Waals surface area contributed by atoms with Gasteiger partial charge in [0.25, 0.3) is 0 Å². The van der Waals surface area contributed by atoms with E-state index in [9.17, 15) is 0 Å². The number of hydrogen-bond donors (Lipinski definition) is 0. The molecule has 0 aliphatic carbocycles. The van der Waals surface area contributed by atoms with Crippen LogP contribution in [0.4, 0.5) is 0 Å². The number of aromatic nitrogens is 5. The Morgan fingerprint density at radius 2 is 2.11 bits per heavy atom. The Balaban J connectivity index is 2.40. The molecule has 0 radical (unpaired) electrons. The Kier molecular flexibility index (Phi) is 2.07. The summed E-state index contributed by atoms with van der Waals surface area (Å²) in [6.07, 6.45) is 1.75. The highest BCUT2D eigenvalue weighted by molar-refractivity contribution is 7.73. The summed E-state index contributed by atoms with van der Waals surface area (Å²) >= 11 is 6.87. The van der Waals surface area contributed by atoms with Crippen molar-refractivity contribution in [2.24, 2.45) is 7.05 Å². The van der Waals surface area contributed by atoms with Crippen LogP contribution in [0, 0.1) is 10.9 Å². The zero-order chi connectivity index (χ0) is 13.1. The zero-order valence-corrected chi connectivity index (χ0v) is 11.9. The van der Waals surface area contributed by atoms with Gasteiger partial charge in [-0.05, 0) is 31.3 Å². The topological polar surface area (TPSA) is 48.0 Å². The zero-order valence-electron chi connectivity index (χ0n) is 10.3. The molecule has 0 spiro atoms. The quantitative estimate of drug-likeness (QED) is 0.467. The first-order valence-corrected chi connectivity index (χ1v) is 6.98. The summed E-state index contributed by atoms with van der Waals surface area (Å²) in [5.74, 6) is 0.890. The van der Waals surface area contributed by atoms with Gasteiger partial charge in [-0.1, -0.05) is 11.3 Å². The Hall–Kier alpha value is -1.86. The van der Waals surface area contributed by atoms with E-state index in [1.165, 1.54) is 11.3 Å². The predicted molar refractivity (Wildman–Crippen MR) is 78.2 cm³/mol. The molecular weight excluding hydrogens is 278 g/mol. The maximum Gasteiger partial charge on any atom is 0.178 e. The van der Waals surface area contributed by atoms with E-state index in [-0.39, 0.29) is 0 Å². The molecule has 0 aliphatic rings. The van der Waals surface area contributed by atoms with Gasteiger partial charge in [-0.15, -0.1) is 0 Å². The van der Waals surface area contributed by atoms with E-state index in [0.29, 0.717) is 0 Å². The number of aryl methyl sites for hydroxylation is 2. The molecule has 0 aromatic carbocycles. The number of fused-ring (bicyclic) bond motifs is 5. The van der Waals surface area contributed by atoms with Gasteiger partial charge in [-0.2, -0.15) is 0 Å². The van der Waals surface area contributed by atoms with Crippen LogP contribution in [-0.4, -0.2) is 23.9 Å². The van der Waals surface area contributed by atoms with Crippen LogP contribution in [0.1, 0.15) is 5.82 Å². The molecule has 0 saturated carbocycles. The highest BCUT2D eigenvalue weighted by Crippen LogP contribution is 2.28. The molecule has 5 nitrogen and oxygen atoms in total. The third-order valence-corrected chi connectivity index (χ3v) is 4.75. The average Bonchev–Trinajstić information content (AvgIpc) is 2.91. The lowest BCUT2D eigenvalue weighted by atomic mass is 10.4. The van der Waals surface area contributed by atoms with E-state index in [1.807, 2.05) is 35.1 Å². The molecule has 0 unspecified atom stereocenters. The number of hydrogen-bond acceptors (Lipinski definition) is 5. The Morgan fingerprint density at radius 1 is 1.26 bits per heavy atom. The van der Waals surface area contributed by atoms with Gasteiger partial charge in [0, 0.05) is 13.2 Å². The molecule has 4 aromatic rings. The summed E-state index contributed by atoms with van der Waals surface area (Å²) in [6, 6.07) is 3.91. The van der Waals surface area contributed by atoms with Gasteiger partial charge >= 0.3 is 0 Å². The van der Waals surface area contributed by atoms with E-state index in [2.05, 4.69) is 15.0 Å². The van der Waals surface area contributed by atoms with Crippen molar-refractivity contribution in [2.75, 3.05) is 0 Å². The Morgan fingerprint density at radius 3 is 2.95 bits per heavy atom. The van der Waals surface area contributed by atoms with Crippen molar-refractivity contribution in [1.29, 1.82) is 0 Å². The number of rotatable bonds is 0. The highest BCUT2D eigenvalue weighted by Gasteiger charge is 2.15. The molecule has 4 aromatic heterocycles. The molecule has 4 rings (SSSR count). The van der Waals surface area contributed by atoms with Crippen molar-refractivity contribution in [1.82, 2.24) is 23.9 Å². The molecule has 94 valence electrons. The fourth-order valence-electron chi connectivity index (χ4n) is 2.31. The van der Waals surface area contributed by atoms with Gasteiger partial charge in [0.1, 0.15) is 10.5 Å². The number of pyridine rings is 1. The van der Waals surface area contributed by atoms with E-state index in [4.69, 9.17) is 12.2 Å². The van der Waals surface area contributed by atoms with Crippen LogP contribution in [0.25, 0.3) is 27.2 Å². The van der Waals surface area contributed by atoms with Crippen LogP contribution in [0.3, 0.4) is 0 Å². The molecule has 0 N–H and O–H groups in total. The van der Waals surface area contributed by atoms with Gasteiger partial charge in [-0.25, -0.2) is 15.0 Å². The van der Waals surface area contributed by atoms with Crippen molar-refractivity contribution >= 4 is 50.7 Å². The largest absolute Gasteiger partial charge is 0.311 e. The standard InChI is InChI=1S/C12H9N5S2/c1-6-14-10-8(19-12(18)16(10)2)11-15-9-7(17(6)11)4-3-5-13-9/h3-5H,1-2H3. The van der Waals surface area contributed by atoms with E-state index >= 15 is 0 Å². The minimum atomic E-state index is 0.738. The Labute approximate surface area is 117 Å². The molecule has 0 fully saturated rings. The molecule has 7 heteroatoms. The van der Waals surface area contributed by atoms with Crippen LogP contribution in [0.5, 0.6) is 0 Å². The SMILES string of the molecule is Cc1nc2c(sc(=S)n2C)c2nc3ncccc3n12. The molecule has 0 amide bonds. The first kappa shape index (κ1) is 11.0. The van der Waals surface area contributed by atoms with Crippen molar-refractivity contribution in [3.8, 4) is 0 Å². The first-order valence-electron chi connectivity index (χ1n) is 5.76. The summed E-state index contributed by atoms with van der Waals surface area (Å²) in [4.78, 5) is 13.6. The van der Waals surface area contributed by atoms with E-state index in [1.54, 1.807) is 6.20 Å². The third kappa shape index (κ3) is 1.34. The maximum absolute atomic E-state index is 5.33. The molecular formula is C12H9N5S2.